The first-order chi connectivity index (χ1) is 10.5. The van der Waals surface area contributed by atoms with Crippen LogP contribution in [0.15, 0.2) is 54.3 Å². The summed E-state index contributed by atoms with van der Waals surface area (Å²) in [4.78, 5) is 0. The van der Waals surface area contributed by atoms with Crippen molar-refractivity contribution in [3.8, 4) is 0 Å². The van der Waals surface area contributed by atoms with Crippen LogP contribution >= 0.6 is 85.3 Å². The SMILES string of the molecule is Brc1cc(Br)cc(CCSSCCc2cc(Br)cc(Br)c2)c1. The highest BCUT2D eigenvalue weighted by Crippen LogP contribution is 2.27. The highest BCUT2D eigenvalue weighted by Gasteiger charge is 2.01. The van der Waals surface area contributed by atoms with E-state index in [2.05, 4.69) is 100 Å². The smallest absolute Gasteiger partial charge is 0.0189 e. The number of aryl methyl sites for hydroxylation is 2. The predicted molar refractivity (Wildman–Crippen MR) is 116 cm³/mol. The predicted octanol–water partition coefficient (Wildman–Crippen LogP) is 7.90. The molecule has 6 heteroatoms. The minimum atomic E-state index is 1.10. The molecule has 0 nitrogen and oxygen atoms in total. The summed E-state index contributed by atoms with van der Waals surface area (Å²) in [5.41, 5.74) is 2.73. The van der Waals surface area contributed by atoms with Gasteiger partial charge in [-0.1, -0.05) is 85.3 Å². The molecule has 22 heavy (non-hydrogen) atoms. The number of benzene rings is 2. The van der Waals surface area contributed by atoms with Crippen molar-refractivity contribution in [1.82, 2.24) is 0 Å². The van der Waals surface area contributed by atoms with Gasteiger partial charge in [-0.3, -0.25) is 0 Å². The molecule has 0 fully saturated rings. The van der Waals surface area contributed by atoms with Crippen molar-refractivity contribution in [2.75, 3.05) is 11.5 Å². The molecule has 0 radical (unpaired) electrons. The summed E-state index contributed by atoms with van der Waals surface area (Å²) < 4.78 is 4.54. The van der Waals surface area contributed by atoms with E-state index in [-0.39, 0.29) is 0 Å². The molecule has 0 atom stereocenters. The molecule has 0 aliphatic rings. The second-order valence-electron chi connectivity index (χ2n) is 4.70. The molecule has 0 spiro atoms. The van der Waals surface area contributed by atoms with Crippen LogP contribution in [0.3, 0.4) is 0 Å². The Hall–Kier alpha value is 1.06. The minimum Gasteiger partial charge on any atom is -0.0938 e. The van der Waals surface area contributed by atoms with E-state index in [1.165, 1.54) is 11.1 Å². The summed E-state index contributed by atoms with van der Waals surface area (Å²) in [5.74, 6) is 2.27. The Bertz CT molecular complexity index is 536. The lowest BCUT2D eigenvalue weighted by molar-refractivity contribution is 1.15. The number of hydrogen-bond acceptors (Lipinski definition) is 2. The summed E-state index contributed by atoms with van der Waals surface area (Å²) in [7, 11) is 3.90. The van der Waals surface area contributed by atoms with Crippen molar-refractivity contribution < 1.29 is 0 Å². The van der Waals surface area contributed by atoms with Crippen molar-refractivity contribution in [1.29, 1.82) is 0 Å². The van der Waals surface area contributed by atoms with E-state index in [4.69, 9.17) is 0 Å². The van der Waals surface area contributed by atoms with Crippen LogP contribution in [0.4, 0.5) is 0 Å². The monoisotopic (exact) mass is 586 g/mol. The topological polar surface area (TPSA) is 0 Å². The van der Waals surface area contributed by atoms with Crippen LogP contribution in [0.5, 0.6) is 0 Å². The normalized spacial score (nSPS) is 10.9. The van der Waals surface area contributed by atoms with Crippen molar-refractivity contribution in [3.63, 3.8) is 0 Å². The molecule has 2 aromatic carbocycles. The van der Waals surface area contributed by atoms with Gasteiger partial charge in [-0.2, -0.15) is 0 Å². The maximum atomic E-state index is 3.53. The summed E-state index contributed by atoms with van der Waals surface area (Å²) in [6.45, 7) is 0. The van der Waals surface area contributed by atoms with E-state index >= 15 is 0 Å². The molecule has 0 aliphatic heterocycles. The van der Waals surface area contributed by atoms with Crippen LogP contribution < -0.4 is 0 Å². The van der Waals surface area contributed by atoms with E-state index in [0.717, 1.165) is 42.2 Å². The molecule has 0 saturated carbocycles. The van der Waals surface area contributed by atoms with Gasteiger partial charge in [0.2, 0.25) is 0 Å². The molecule has 118 valence electrons. The standard InChI is InChI=1S/C16H14Br4S2/c17-13-5-11(6-14(18)9-13)1-3-21-22-4-2-12-7-15(19)10-16(20)8-12/h5-10H,1-4H2. The third-order valence-corrected chi connectivity index (χ3v) is 7.12. The van der Waals surface area contributed by atoms with Gasteiger partial charge < -0.3 is 0 Å². The average molecular weight is 590 g/mol. The van der Waals surface area contributed by atoms with Gasteiger partial charge in [0.25, 0.3) is 0 Å². The fourth-order valence-electron chi connectivity index (χ4n) is 1.95. The van der Waals surface area contributed by atoms with E-state index in [1.54, 1.807) is 0 Å². The van der Waals surface area contributed by atoms with Gasteiger partial charge in [0.1, 0.15) is 0 Å². The van der Waals surface area contributed by atoms with Crippen LogP contribution in [0.1, 0.15) is 11.1 Å². The maximum absolute atomic E-state index is 3.53. The zero-order valence-electron chi connectivity index (χ0n) is 11.6. The van der Waals surface area contributed by atoms with E-state index < -0.39 is 0 Å². The Morgan fingerprint density at radius 3 is 1.18 bits per heavy atom. The second kappa shape index (κ2) is 10.1. The first kappa shape index (κ1) is 19.4. The van der Waals surface area contributed by atoms with Crippen molar-refractivity contribution in [2.45, 2.75) is 12.8 Å². The van der Waals surface area contributed by atoms with Crippen molar-refractivity contribution in [3.05, 3.63) is 65.4 Å². The van der Waals surface area contributed by atoms with E-state index in [0.29, 0.717) is 0 Å². The Morgan fingerprint density at radius 2 is 0.864 bits per heavy atom. The number of rotatable bonds is 7. The van der Waals surface area contributed by atoms with Crippen molar-refractivity contribution in [2.24, 2.45) is 0 Å². The van der Waals surface area contributed by atoms with Crippen molar-refractivity contribution >= 4 is 85.3 Å². The van der Waals surface area contributed by atoms with Gasteiger partial charge in [0, 0.05) is 29.4 Å². The van der Waals surface area contributed by atoms with E-state index in [1.807, 2.05) is 21.6 Å². The molecule has 0 aliphatic carbocycles. The van der Waals surface area contributed by atoms with Crippen LogP contribution in [-0.2, 0) is 12.8 Å². The second-order valence-corrected chi connectivity index (χ2v) is 11.1. The molecule has 0 bridgehead atoms. The lowest BCUT2D eigenvalue weighted by Gasteiger charge is -2.05. The fourth-order valence-corrected chi connectivity index (χ4v) is 6.81. The number of hydrogen-bond donors (Lipinski definition) is 0. The minimum absolute atomic E-state index is 1.10. The summed E-state index contributed by atoms with van der Waals surface area (Å²) >= 11 is 14.1. The molecule has 0 saturated heterocycles. The molecule has 2 aromatic rings. The summed E-state index contributed by atoms with van der Waals surface area (Å²) in [5, 5.41) is 0. The fraction of sp³-hybridized carbons (Fsp3) is 0.250. The van der Waals surface area contributed by atoms with E-state index in [9.17, 15) is 0 Å². The molecule has 0 N–H and O–H groups in total. The zero-order chi connectivity index (χ0) is 15.9. The Kier molecular flexibility index (Phi) is 8.94. The van der Waals surface area contributed by atoms with Crippen LogP contribution in [0.2, 0.25) is 0 Å². The molecular weight excluding hydrogens is 576 g/mol. The Morgan fingerprint density at radius 1 is 0.545 bits per heavy atom. The highest BCUT2D eigenvalue weighted by molar-refractivity contribution is 9.11. The third kappa shape index (κ3) is 7.31. The van der Waals surface area contributed by atoms with Gasteiger partial charge in [-0.05, 0) is 60.4 Å². The van der Waals surface area contributed by atoms with Gasteiger partial charge >= 0.3 is 0 Å². The molecule has 0 unspecified atom stereocenters. The maximum Gasteiger partial charge on any atom is 0.0189 e. The zero-order valence-corrected chi connectivity index (χ0v) is 19.6. The highest BCUT2D eigenvalue weighted by atomic mass is 79.9. The average Bonchev–Trinajstić information content (AvgIpc) is 2.40. The molecular formula is C16H14Br4S2. The Balaban J connectivity index is 1.67. The van der Waals surface area contributed by atoms with Crippen LogP contribution in [-0.4, -0.2) is 11.5 Å². The first-order valence-electron chi connectivity index (χ1n) is 6.67. The largest absolute Gasteiger partial charge is 0.0938 e. The lowest BCUT2D eigenvalue weighted by Crippen LogP contribution is -1.90. The van der Waals surface area contributed by atoms with Gasteiger partial charge in [0.05, 0.1) is 0 Å². The molecule has 0 amide bonds. The van der Waals surface area contributed by atoms with Crippen LogP contribution in [0, 0.1) is 0 Å². The first-order valence-corrected chi connectivity index (χ1v) is 12.3. The third-order valence-electron chi connectivity index (χ3n) is 2.88. The van der Waals surface area contributed by atoms with Gasteiger partial charge in [0.15, 0.2) is 0 Å². The van der Waals surface area contributed by atoms with Crippen LogP contribution in [0.25, 0.3) is 0 Å². The van der Waals surface area contributed by atoms with Gasteiger partial charge in [-0.15, -0.1) is 0 Å². The number of halogens is 4. The molecule has 2 rings (SSSR count). The summed E-state index contributed by atoms with van der Waals surface area (Å²) in [6.07, 6.45) is 2.19. The lowest BCUT2D eigenvalue weighted by atomic mass is 10.2. The Labute approximate surface area is 173 Å². The quantitative estimate of drug-likeness (QED) is 0.238. The molecule has 0 aromatic heterocycles. The van der Waals surface area contributed by atoms with Gasteiger partial charge in [-0.25, -0.2) is 0 Å². The molecule has 0 heterocycles. The summed E-state index contributed by atoms with van der Waals surface area (Å²) in [6, 6.07) is 12.9.